The number of halogens is 3. The third-order valence-electron chi connectivity index (χ3n) is 3.40. The lowest BCUT2D eigenvalue weighted by atomic mass is 9.96. The molecule has 21 heavy (non-hydrogen) atoms. The van der Waals surface area contributed by atoms with E-state index in [9.17, 15) is 4.39 Å². The molecule has 0 fully saturated rings. The van der Waals surface area contributed by atoms with Crippen LogP contribution in [0.4, 0.5) is 4.39 Å². The van der Waals surface area contributed by atoms with Crippen molar-refractivity contribution in [3.05, 3.63) is 68.4 Å². The number of nitrogens with one attached hydrogen (secondary N) is 1. The van der Waals surface area contributed by atoms with Gasteiger partial charge in [-0.2, -0.15) is 0 Å². The van der Waals surface area contributed by atoms with Crippen molar-refractivity contribution in [2.24, 2.45) is 0 Å². The quantitative estimate of drug-likeness (QED) is 0.718. The first-order valence-electron chi connectivity index (χ1n) is 6.98. The standard InChI is InChI=1S/C17H18BrClFN/c1-3-9-21-17(13-6-4-5-11(2)16(13)19)14-10-12(18)7-8-15(14)20/h4-8,10,17,21H,3,9H2,1-2H3. The summed E-state index contributed by atoms with van der Waals surface area (Å²) in [5, 5.41) is 4.08. The molecule has 2 aromatic carbocycles. The normalized spacial score (nSPS) is 12.4. The van der Waals surface area contributed by atoms with Crippen molar-refractivity contribution in [1.82, 2.24) is 5.32 Å². The molecule has 0 radical (unpaired) electrons. The van der Waals surface area contributed by atoms with E-state index in [4.69, 9.17) is 11.6 Å². The molecule has 112 valence electrons. The number of aryl methyl sites for hydroxylation is 1. The highest BCUT2D eigenvalue weighted by atomic mass is 79.9. The molecule has 0 bridgehead atoms. The Morgan fingerprint density at radius 1 is 1.24 bits per heavy atom. The molecule has 0 aromatic heterocycles. The minimum Gasteiger partial charge on any atom is -0.306 e. The van der Waals surface area contributed by atoms with Gasteiger partial charge in [0, 0.05) is 15.1 Å². The molecule has 0 aliphatic carbocycles. The highest BCUT2D eigenvalue weighted by Gasteiger charge is 2.20. The Kier molecular flexibility index (Phi) is 5.80. The van der Waals surface area contributed by atoms with Gasteiger partial charge in [-0.15, -0.1) is 0 Å². The molecule has 0 heterocycles. The molecule has 2 aromatic rings. The minimum atomic E-state index is -0.255. The van der Waals surface area contributed by atoms with Crippen LogP contribution in [0.15, 0.2) is 40.9 Å². The predicted octanol–water partition coefficient (Wildman–Crippen LogP) is 5.64. The third-order valence-corrected chi connectivity index (χ3v) is 4.41. The fraction of sp³-hybridized carbons (Fsp3) is 0.294. The van der Waals surface area contributed by atoms with E-state index < -0.39 is 0 Å². The topological polar surface area (TPSA) is 12.0 Å². The highest BCUT2D eigenvalue weighted by Crippen LogP contribution is 2.33. The van der Waals surface area contributed by atoms with Crippen LogP contribution in [0.3, 0.4) is 0 Å². The average Bonchev–Trinajstić information content (AvgIpc) is 2.47. The molecule has 4 heteroatoms. The number of benzene rings is 2. The smallest absolute Gasteiger partial charge is 0.128 e. The Balaban J connectivity index is 2.52. The minimum absolute atomic E-state index is 0.232. The van der Waals surface area contributed by atoms with E-state index in [0.29, 0.717) is 10.6 Å². The van der Waals surface area contributed by atoms with Gasteiger partial charge in [-0.25, -0.2) is 4.39 Å². The second-order valence-corrected chi connectivity index (χ2v) is 6.32. The van der Waals surface area contributed by atoms with Crippen molar-refractivity contribution in [3.8, 4) is 0 Å². The zero-order chi connectivity index (χ0) is 15.4. The fourth-order valence-corrected chi connectivity index (χ4v) is 2.92. The van der Waals surface area contributed by atoms with Crippen LogP contribution in [0.2, 0.25) is 5.02 Å². The third kappa shape index (κ3) is 3.85. The molecule has 0 spiro atoms. The van der Waals surface area contributed by atoms with Crippen LogP contribution in [0.25, 0.3) is 0 Å². The van der Waals surface area contributed by atoms with Crippen LogP contribution in [0, 0.1) is 12.7 Å². The first kappa shape index (κ1) is 16.5. The van der Waals surface area contributed by atoms with Gasteiger partial charge in [-0.1, -0.05) is 52.7 Å². The van der Waals surface area contributed by atoms with Crippen molar-refractivity contribution >= 4 is 27.5 Å². The molecule has 0 saturated carbocycles. The molecule has 0 aliphatic heterocycles. The molecule has 1 nitrogen and oxygen atoms in total. The van der Waals surface area contributed by atoms with E-state index in [1.165, 1.54) is 6.07 Å². The molecule has 1 N–H and O–H groups in total. The highest BCUT2D eigenvalue weighted by molar-refractivity contribution is 9.10. The Bertz CT molecular complexity index is 628. The average molecular weight is 371 g/mol. The van der Waals surface area contributed by atoms with Gasteiger partial charge >= 0.3 is 0 Å². The second-order valence-electron chi connectivity index (χ2n) is 5.03. The monoisotopic (exact) mass is 369 g/mol. The summed E-state index contributed by atoms with van der Waals surface area (Å²) in [6, 6.07) is 10.6. The molecular weight excluding hydrogens is 353 g/mol. The van der Waals surface area contributed by atoms with Crippen molar-refractivity contribution in [2.45, 2.75) is 26.3 Å². The summed E-state index contributed by atoms with van der Waals surface area (Å²) < 4.78 is 15.1. The lowest BCUT2D eigenvalue weighted by molar-refractivity contribution is 0.546. The van der Waals surface area contributed by atoms with Crippen LogP contribution in [0.5, 0.6) is 0 Å². The van der Waals surface area contributed by atoms with Gasteiger partial charge in [0.2, 0.25) is 0 Å². The first-order chi connectivity index (χ1) is 10.0. The SMILES string of the molecule is CCCNC(c1cc(Br)ccc1F)c1cccc(C)c1Cl. The molecule has 2 rings (SSSR count). The fourth-order valence-electron chi connectivity index (χ4n) is 2.31. The number of hydrogen-bond donors (Lipinski definition) is 1. The van der Waals surface area contributed by atoms with E-state index in [-0.39, 0.29) is 11.9 Å². The summed E-state index contributed by atoms with van der Waals surface area (Å²) in [6.45, 7) is 4.83. The Morgan fingerprint density at radius 2 is 2.00 bits per heavy atom. The summed E-state index contributed by atoms with van der Waals surface area (Å²) in [4.78, 5) is 0. The molecular formula is C17H18BrClFN. The maximum absolute atomic E-state index is 14.3. The lowest BCUT2D eigenvalue weighted by Gasteiger charge is -2.22. The summed E-state index contributed by atoms with van der Waals surface area (Å²) in [5.74, 6) is -0.232. The Labute approximate surface area is 138 Å². The van der Waals surface area contributed by atoms with Gasteiger partial charge in [-0.05, 0) is 49.2 Å². The summed E-state index contributed by atoms with van der Waals surface area (Å²) >= 11 is 9.85. The van der Waals surface area contributed by atoms with Crippen molar-refractivity contribution in [1.29, 1.82) is 0 Å². The van der Waals surface area contributed by atoms with E-state index in [1.807, 2.05) is 25.1 Å². The molecule has 0 saturated heterocycles. The van der Waals surface area contributed by atoms with E-state index >= 15 is 0 Å². The summed E-state index contributed by atoms with van der Waals surface area (Å²) in [6.07, 6.45) is 0.968. The van der Waals surface area contributed by atoms with Gasteiger partial charge in [0.15, 0.2) is 0 Å². The van der Waals surface area contributed by atoms with E-state index in [1.54, 1.807) is 12.1 Å². The summed E-state index contributed by atoms with van der Waals surface area (Å²) in [7, 11) is 0. The maximum atomic E-state index is 14.3. The Morgan fingerprint density at radius 3 is 2.71 bits per heavy atom. The van der Waals surface area contributed by atoms with Gasteiger partial charge in [0.25, 0.3) is 0 Å². The van der Waals surface area contributed by atoms with Gasteiger partial charge in [0.05, 0.1) is 6.04 Å². The maximum Gasteiger partial charge on any atom is 0.128 e. The zero-order valence-corrected chi connectivity index (χ0v) is 14.4. The van der Waals surface area contributed by atoms with Gasteiger partial charge < -0.3 is 5.32 Å². The zero-order valence-electron chi connectivity index (χ0n) is 12.1. The number of hydrogen-bond acceptors (Lipinski definition) is 1. The first-order valence-corrected chi connectivity index (χ1v) is 8.15. The largest absolute Gasteiger partial charge is 0.306 e. The van der Waals surface area contributed by atoms with Crippen molar-refractivity contribution in [2.75, 3.05) is 6.54 Å². The predicted molar refractivity (Wildman–Crippen MR) is 90.4 cm³/mol. The van der Waals surface area contributed by atoms with Crippen LogP contribution in [-0.4, -0.2) is 6.54 Å². The van der Waals surface area contributed by atoms with Crippen LogP contribution in [0.1, 0.15) is 36.1 Å². The van der Waals surface area contributed by atoms with Crippen LogP contribution >= 0.6 is 27.5 Å². The molecule has 1 unspecified atom stereocenters. The van der Waals surface area contributed by atoms with Crippen LogP contribution in [-0.2, 0) is 0 Å². The van der Waals surface area contributed by atoms with E-state index in [2.05, 4.69) is 28.2 Å². The van der Waals surface area contributed by atoms with Gasteiger partial charge in [-0.3, -0.25) is 0 Å². The molecule has 0 aliphatic rings. The summed E-state index contributed by atoms with van der Waals surface area (Å²) in [5.41, 5.74) is 2.50. The molecule has 1 atom stereocenters. The van der Waals surface area contributed by atoms with Crippen molar-refractivity contribution in [3.63, 3.8) is 0 Å². The number of rotatable bonds is 5. The Hall–Kier alpha value is -0.900. The lowest BCUT2D eigenvalue weighted by Crippen LogP contribution is -2.24. The van der Waals surface area contributed by atoms with Crippen molar-refractivity contribution < 1.29 is 4.39 Å². The van der Waals surface area contributed by atoms with Gasteiger partial charge in [0.1, 0.15) is 5.82 Å². The molecule has 0 amide bonds. The van der Waals surface area contributed by atoms with E-state index in [0.717, 1.165) is 28.6 Å². The second kappa shape index (κ2) is 7.39. The van der Waals surface area contributed by atoms with Crippen LogP contribution < -0.4 is 5.32 Å².